The molecule has 1 atom stereocenters. The number of nitrogens with zero attached hydrogens (tertiary/aromatic N) is 2. The Labute approximate surface area is 120 Å². The number of hydrogen-bond acceptors (Lipinski definition) is 5. The van der Waals surface area contributed by atoms with E-state index in [1.165, 1.54) is 15.7 Å². The zero-order valence-electron chi connectivity index (χ0n) is 10.2. The highest BCUT2D eigenvalue weighted by atomic mass is 35.5. The van der Waals surface area contributed by atoms with Crippen molar-refractivity contribution in [1.29, 1.82) is 0 Å². The van der Waals surface area contributed by atoms with E-state index in [0.717, 1.165) is 0 Å². The predicted octanol–water partition coefficient (Wildman–Crippen LogP) is 1.49. The molecule has 2 aromatic rings. The normalized spacial score (nSPS) is 14.1. The molecule has 0 radical (unpaired) electrons. The van der Waals surface area contributed by atoms with Crippen molar-refractivity contribution in [3.05, 3.63) is 16.7 Å². The Kier molecular flexibility index (Phi) is 4.46. The number of thiazole rings is 1. The number of aliphatic hydroxyl groups excluding tert-OH is 1. The second kappa shape index (κ2) is 5.76. The van der Waals surface area contributed by atoms with Crippen LogP contribution in [0.5, 0.6) is 0 Å². The Bertz CT molecular complexity index is 665. The Balaban J connectivity index is 2.28. The molecule has 106 valence electrons. The molecule has 2 aromatic heterocycles. The van der Waals surface area contributed by atoms with Gasteiger partial charge in [-0.1, -0.05) is 11.6 Å². The van der Waals surface area contributed by atoms with Gasteiger partial charge in [0.05, 0.1) is 0 Å². The van der Waals surface area contributed by atoms with Crippen LogP contribution in [0.1, 0.15) is 19.8 Å². The molecule has 2 heterocycles. The number of sulfonamides is 1. The zero-order valence-corrected chi connectivity index (χ0v) is 12.6. The van der Waals surface area contributed by atoms with E-state index in [1.807, 2.05) is 0 Å². The molecule has 19 heavy (non-hydrogen) atoms. The first-order valence-electron chi connectivity index (χ1n) is 5.70. The van der Waals surface area contributed by atoms with Crippen LogP contribution in [-0.4, -0.2) is 35.6 Å². The minimum absolute atomic E-state index is 0.0336. The lowest BCUT2D eigenvalue weighted by Gasteiger charge is -2.13. The van der Waals surface area contributed by atoms with E-state index >= 15 is 0 Å². The van der Waals surface area contributed by atoms with Crippen LogP contribution in [0.4, 0.5) is 0 Å². The van der Waals surface area contributed by atoms with Gasteiger partial charge in [0, 0.05) is 24.2 Å². The summed E-state index contributed by atoms with van der Waals surface area (Å²) < 4.78 is 28.6. The molecular formula is C10H14ClN3O3S2. The SMILES string of the molecule is CC(CCCO)NS(=O)(=O)c1c(Cl)nc2sccn12. The molecule has 0 spiro atoms. The maximum Gasteiger partial charge on any atom is 0.260 e. The molecule has 9 heteroatoms. The summed E-state index contributed by atoms with van der Waals surface area (Å²) in [6.07, 6.45) is 2.71. The van der Waals surface area contributed by atoms with Crippen molar-refractivity contribution < 1.29 is 13.5 Å². The number of imidazole rings is 1. The summed E-state index contributed by atoms with van der Waals surface area (Å²) in [6, 6.07) is -0.280. The van der Waals surface area contributed by atoms with Gasteiger partial charge in [-0.3, -0.25) is 4.40 Å². The Morgan fingerprint density at radius 2 is 2.37 bits per heavy atom. The first kappa shape index (κ1) is 14.7. The van der Waals surface area contributed by atoms with E-state index in [1.54, 1.807) is 18.5 Å². The molecule has 0 bridgehead atoms. The van der Waals surface area contributed by atoms with Crippen molar-refractivity contribution in [2.75, 3.05) is 6.61 Å². The molecule has 0 aromatic carbocycles. The second-order valence-electron chi connectivity index (χ2n) is 4.15. The summed E-state index contributed by atoms with van der Waals surface area (Å²) in [5.74, 6) is 0. The average molecular weight is 324 g/mol. The van der Waals surface area contributed by atoms with Crippen molar-refractivity contribution in [2.24, 2.45) is 0 Å². The van der Waals surface area contributed by atoms with Crippen LogP contribution in [0.15, 0.2) is 16.6 Å². The highest BCUT2D eigenvalue weighted by molar-refractivity contribution is 7.89. The van der Waals surface area contributed by atoms with Crippen LogP contribution >= 0.6 is 22.9 Å². The van der Waals surface area contributed by atoms with Crippen LogP contribution < -0.4 is 4.72 Å². The molecule has 0 amide bonds. The number of aromatic nitrogens is 2. The fourth-order valence-electron chi connectivity index (χ4n) is 1.76. The number of rotatable bonds is 6. The van der Waals surface area contributed by atoms with Crippen molar-refractivity contribution in [3.8, 4) is 0 Å². The van der Waals surface area contributed by atoms with Crippen molar-refractivity contribution in [3.63, 3.8) is 0 Å². The third-order valence-corrected chi connectivity index (χ3v) is 5.33. The standard InChI is InChI=1S/C10H14ClN3O3S2/c1-7(3-2-5-15)13-19(16,17)9-8(11)12-10-14(9)4-6-18-10/h4,6-7,13,15H,2-3,5H2,1H3. The molecule has 2 rings (SSSR count). The van der Waals surface area contributed by atoms with Gasteiger partial charge in [-0.05, 0) is 19.8 Å². The summed E-state index contributed by atoms with van der Waals surface area (Å²) in [7, 11) is -3.73. The summed E-state index contributed by atoms with van der Waals surface area (Å²) >= 11 is 7.21. The van der Waals surface area contributed by atoms with E-state index in [4.69, 9.17) is 16.7 Å². The largest absolute Gasteiger partial charge is 0.396 e. The molecule has 0 aliphatic rings. The van der Waals surface area contributed by atoms with E-state index < -0.39 is 10.0 Å². The molecule has 2 N–H and O–H groups in total. The van der Waals surface area contributed by atoms with Crippen molar-refractivity contribution in [2.45, 2.75) is 30.8 Å². The number of halogens is 1. The first-order chi connectivity index (χ1) is 8.95. The third kappa shape index (κ3) is 3.09. The number of nitrogens with one attached hydrogen (secondary N) is 1. The van der Waals surface area contributed by atoms with E-state index in [0.29, 0.717) is 17.8 Å². The minimum Gasteiger partial charge on any atom is -0.396 e. The summed E-state index contributed by atoms with van der Waals surface area (Å²) in [6.45, 7) is 1.78. The van der Waals surface area contributed by atoms with Gasteiger partial charge in [-0.25, -0.2) is 18.1 Å². The molecule has 1 unspecified atom stereocenters. The van der Waals surface area contributed by atoms with Crippen molar-refractivity contribution >= 4 is 37.9 Å². The summed E-state index contributed by atoms with van der Waals surface area (Å²) in [5, 5.41) is 10.4. The molecule has 0 aliphatic heterocycles. The summed E-state index contributed by atoms with van der Waals surface area (Å²) in [4.78, 5) is 4.53. The Morgan fingerprint density at radius 1 is 1.63 bits per heavy atom. The van der Waals surface area contributed by atoms with Gasteiger partial charge in [0.25, 0.3) is 10.0 Å². The van der Waals surface area contributed by atoms with Crippen LogP contribution in [0.25, 0.3) is 4.96 Å². The van der Waals surface area contributed by atoms with Gasteiger partial charge in [0.2, 0.25) is 0 Å². The average Bonchev–Trinajstić information content (AvgIpc) is 2.84. The van der Waals surface area contributed by atoms with E-state index in [9.17, 15) is 8.42 Å². The molecule has 0 fully saturated rings. The van der Waals surface area contributed by atoms with Gasteiger partial charge < -0.3 is 5.11 Å². The fourth-order valence-corrected chi connectivity index (χ4v) is 4.49. The summed E-state index contributed by atoms with van der Waals surface area (Å²) in [5.41, 5.74) is 0. The second-order valence-corrected chi connectivity index (χ2v) is 7.01. The van der Waals surface area contributed by atoms with E-state index in [-0.39, 0.29) is 22.8 Å². The van der Waals surface area contributed by atoms with E-state index in [2.05, 4.69) is 9.71 Å². The van der Waals surface area contributed by atoms with Gasteiger partial charge in [0.1, 0.15) is 0 Å². The van der Waals surface area contributed by atoms with Gasteiger partial charge in [-0.15, -0.1) is 11.3 Å². The zero-order chi connectivity index (χ0) is 14.0. The lowest BCUT2D eigenvalue weighted by Crippen LogP contribution is -2.33. The highest BCUT2D eigenvalue weighted by Crippen LogP contribution is 2.25. The molecular weight excluding hydrogens is 310 g/mol. The van der Waals surface area contributed by atoms with Crippen LogP contribution in [0.2, 0.25) is 5.15 Å². The number of fused-ring (bicyclic) bond motifs is 1. The third-order valence-electron chi connectivity index (χ3n) is 2.58. The molecule has 0 aliphatic carbocycles. The highest BCUT2D eigenvalue weighted by Gasteiger charge is 2.26. The maximum atomic E-state index is 12.3. The first-order valence-corrected chi connectivity index (χ1v) is 8.44. The Morgan fingerprint density at radius 3 is 3.05 bits per heavy atom. The number of hydrogen-bond donors (Lipinski definition) is 2. The maximum absolute atomic E-state index is 12.3. The van der Waals surface area contributed by atoms with Gasteiger partial charge >= 0.3 is 0 Å². The lowest BCUT2D eigenvalue weighted by molar-refractivity contribution is 0.279. The lowest BCUT2D eigenvalue weighted by atomic mass is 10.2. The molecule has 0 saturated carbocycles. The monoisotopic (exact) mass is 323 g/mol. The fraction of sp³-hybridized carbons (Fsp3) is 0.500. The van der Waals surface area contributed by atoms with Crippen LogP contribution in [0.3, 0.4) is 0 Å². The van der Waals surface area contributed by atoms with Crippen molar-refractivity contribution in [1.82, 2.24) is 14.1 Å². The quantitative estimate of drug-likeness (QED) is 0.843. The topological polar surface area (TPSA) is 83.7 Å². The predicted molar refractivity (Wildman–Crippen MR) is 74.2 cm³/mol. The smallest absolute Gasteiger partial charge is 0.260 e. The van der Waals surface area contributed by atoms with Gasteiger partial charge in [-0.2, -0.15) is 0 Å². The van der Waals surface area contributed by atoms with Gasteiger partial charge in [0.15, 0.2) is 15.1 Å². The van der Waals surface area contributed by atoms with Crippen LogP contribution in [0, 0.1) is 0 Å². The number of aliphatic hydroxyl groups is 1. The van der Waals surface area contributed by atoms with Crippen LogP contribution in [-0.2, 0) is 10.0 Å². The molecule has 0 saturated heterocycles. The molecule has 6 nitrogen and oxygen atoms in total. The Hall–Kier alpha value is -0.670. The minimum atomic E-state index is -3.73.